The predicted molar refractivity (Wildman–Crippen MR) is 229 cm³/mol. The maximum Gasteiger partial charge on any atom is 0.161 e. The molecular formula is C51H34N2S. The van der Waals surface area contributed by atoms with Crippen LogP contribution in [-0.2, 0) is 5.41 Å². The molecule has 0 spiro atoms. The molecule has 0 unspecified atom stereocenters. The van der Waals surface area contributed by atoms with Crippen LogP contribution < -0.4 is 0 Å². The smallest absolute Gasteiger partial charge is 0.161 e. The first-order valence-electron chi connectivity index (χ1n) is 18.6. The Hall–Kier alpha value is -6.42. The second kappa shape index (κ2) is 11.8. The lowest BCUT2D eigenvalue weighted by molar-refractivity contribution is 0.666. The first-order valence-corrected chi connectivity index (χ1v) is 19.4. The number of benzene rings is 8. The molecule has 2 aromatic heterocycles. The number of hydrogen-bond acceptors (Lipinski definition) is 3. The third-order valence-electron chi connectivity index (χ3n) is 11.5. The minimum Gasteiger partial charge on any atom is -0.228 e. The van der Waals surface area contributed by atoms with Gasteiger partial charge in [-0.2, -0.15) is 0 Å². The first-order chi connectivity index (χ1) is 26.5. The lowest BCUT2D eigenvalue weighted by atomic mass is 9.80. The van der Waals surface area contributed by atoms with E-state index >= 15 is 0 Å². The third kappa shape index (κ3) is 4.65. The van der Waals surface area contributed by atoms with E-state index in [9.17, 15) is 0 Å². The second-order valence-electron chi connectivity index (χ2n) is 14.9. The number of rotatable bonds is 4. The van der Waals surface area contributed by atoms with Crippen molar-refractivity contribution in [1.82, 2.24) is 9.97 Å². The Morgan fingerprint density at radius 1 is 0.426 bits per heavy atom. The zero-order valence-corrected chi connectivity index (χ0v) is 30.8. The van der Waals surface area contributed by atoms with Crippen LogP contribution >= 0.6 is 11.3 Å². The van der Waals surface area contributed by atoms with Crippen molar-refractivity contribution in [3.63, 3.8) is 0 Å². The standard InChI is InChI=1S/C51H34N2S/c1-51(2)44-28-24-33(29-43(44)39-25-23-31-13-6-7-16-35(31)48(39)51)34-26-27-41(37-18-9-8-17-36(34)37)50-52-45(32-14-4-3-5-15-32)30-46(53-50)42-21-12-20-40-38-19-10-11-22-47(38)54-49(40)42/h3-30H,1-2H3. The predicted octanol–water partition coefficient (Wildman–Crippen LogP) is 14.1. The Balaban J connectivity index is 1.10. The number of fused-ring (bicyclic) bond motifs is 9. The van der Waals surface area contributed by atoms with Crippen LogP contribution in [-0.4, -0.2) is 9.97 Å². The summed E-state index contributed by atoms with van der Waals surface area (Å²) in [6.45, 7) is 4.74. The van der Waals surface area contributed by atoms with Gasteiger partial charge in [0.15, 0.2) is 5.82 Å². The third-order valence-corrected chi connectivity index (χ3v) is 12.7. The summed E-state index contributed by atoms with van der Waals surface area (Å²) in [4.78, 5) is 10.7. The van der Waals surface area contributed by atoms with E-state index in [2.05, 4.69) is 184 Å². The minimum atomic E-state index is -0.0883. The van der Waals surface area contributed by atoms with Gasteiger partial charge in [-0.05, 0) is 79.2 Å². The van der Waals surface area contributed by atoms with Crippen LogP contribution in [0.3, 0.4) is 0 Å². The fraction of sp³-hybridized carbons (Fsp3) is 0.0588. The average molecular weight is 707 g/mol. The van der Waals surface area contributed by atoms with Gasteiger partial charge in [-0.1, -0.05) is 159 Å². The molecule has 1 aliphatic carbocycles. The molecule has 11 rings (SSSR count). The normalized spacial score (nSPS) is 13.1. The van der Waals surface area contributed by atoms with Crippen LogP contribution in [0.15, 0.2) is 170 Å². The topological polar surface area (TPSA) is 25.8 Å². The summed E-state index contributed by atoms with van der Waals surface area (Å²) in [5, 5.41) is 7.50. The molecule has 254 valence electrons. The summed E-state index contributed by atoms with van der Waals surface area (Å²) in [5.74, 6) is 0.726. The summed E-state index contributed by atoms with van der Waals surface area (Å²) in [6, 6.07) is 61.6. The molecule has 0 aliphatic heterocycles. The molecule has 54 heavy (non-hydrogen) atoms. The molecule has 0 saturated heterocycles. The van der Waals surface area contributed by atoms with E-state index < -0.39 is 0 Å². The van der Waals surface area contributed by atoms with E-state index in [1.807, 2.05) is 11.3 Å². The van der Waals surface area contributed by atoms with Crippen molar-refractivity contribution in [3.05, 3.63) is 181 Å². The summed E-state index contributed by atoms with van der Waals surface area (Å²) in [6.07, 6.45) is 0. The Bertz CT molecular complexity index is 3130. The quantitative estimate of drug-likeness (QED) is 0.182. The fourth-order valence-corrected chi connectivity index (χ4v) is 10.2. The van der Waals surface area contributed by atoms with Gasteiger partial charge < -0.3 is 0 Å². The van der Waals surface area contributed by atoms with E-state index in [0.29, 0.717) is 0 Å². The molecule has 3 heteroatoms. The minimum absolute atomic E-state index is 0.0883. The van der Waals surface area contributed by atoms with Crippen molar-refractivity contribution in [3.8, 4) is 56.2 Å². The SMILES string of the molecule is CC1(C)c2ccc(-c3ccc(-c4nc(-c5ccccc5)cc(-c5cccc6c5sc5ccccc56)n4)c4ccccc34)cc2-c2ccc3ccccc3c21. The van der Waals surface area contributed by atoms with Crippen molar-refractivity contribution < 1.29 is 0 Å². The van der Waals surface area contributed by atoms with E-state index in [0.717, 1.165) is 39.3 Å². The highest BCUT2D eigenvalue weighted by molar-refractivity contribution is 7.26. The monoisotopic (exact) mass is 706 g/mol. The highest BCUT2D eigenvalue weighted by atomic mass is 32.1. The van der Waals surface area contributed by atoms with Crippen molar-refractivity contribution in [2.24, 2.45) is 0 Å². The summed E-state index contributed by atoms with van der Waals surface area (Å²) in [5.41, 5.74) is 12.9. The van der Waals surface area contributed by atoms with Gasteiger partial charge >= 0.3 is 0 Å². The molecule has 8 aromatic carbocycles. The highest BCUT2D eigenvalue weighted by Gasteiger charge is 2.37. The number of thiophene rings is 1. The Kier molecular flexibility index (Phi) is 6.80. The van der Waals surface area contributed by atoms with Crippen LogP contribution in [0.25, 0.3) is 97.9 Å². The Morgan fingerprint density at radius 2 is 1.09 bits per heavy atom. The van der Waals surface area contributed by atoms with Crippen LogP contribution in [0.4, 0.5) is 0 Å². The maximum absolute atomic E-state index is 5.38. The van der Waals surface area contributed by atoms with Gasteiger partial charge in [0.1, 0.15) is 0 Å². The molecule has 10 aromatic rings. The molecular weight excluding hydrogens is 673 g/mol. The van der Waals surface area contributed by atoms with Gasteiger partial charge in [-0.3, -0.25) is 0 Å². The molecule has 0 amide bonds. The lowest BCUT2D eigenvalue weighted by Crippen LogP contribution is -2.15. The van der Waals surface area contributed by atoms with Gasteiger partial charge in [0, 0.05) is 42.3 Å². The molecule has 0 atom stereocenters. The van der Waals surface area contributed by atoms with Gasteiger partial charge in [0.25, 0.3) is 0 Å². The summed E-state index contributed by atoms with van der Waals surface area (Å²) < 4.78 is 2.53. The molecule has 0 radical (unpaired) electrons. The van der Waals surface area contributed by atoms with Crippen LogP contribution in [0.5, 0.6) is 0 Å². The summed E-state index contributed by atoms with van der Waals surface area (Å²) >= 11 is 1.83. The van der Waals surface area contributed by atoms with Gasteiger partial charge in [0.05, 0.1) is 11.4 Å². The molecule has 2 nitrogen and oxygen atoms in total. The molecule has 1 aliphatic rings. The molecule has 0 bridgehead atoms. The molecule has 2 heterocycles. The average Bonchev–Trinajstić information content (AvgIpc) is 3.72. The number of nitrogens with zero attached hydrogens (tertiary/aromatic N) is 2. The van der Waals surface area contributed by atoms with Crippen molar-refractivity contribution in [2.75, 3.05) is 0 Å². The fourth-order valence-electron chi connectivity index (χ4n) is 8.94. The summed E-state index contributed by atoms with van der Waals surface area (Å²) in [7, 11) is 0. The molecule has 0 fully saturated rings. The zero-order chi connectivity index (χ0) is 36.0. The number of aromatic nitrogens is 2. The van der Waals surface area contributed by atoms with E-state index in [1.54, 1.807) is 0 Å². The van der Waals surface area contributed by atoms with Gasteiger partial charge in [0.2, 0.25) is 0 Å². The van der Waals surface area contributed by atoms with Crippen LogP contribution in [0, 0.1) is 0 Å². The highest BCUT2D eigenvalue weighted by Crippen LogP contribution is 2.52. The maximum atomic E-state index is 5.38. The van der Waals surface area contributed by atoms with Gasteiger partial charge in [-0.25, -0.2) is 9.97 Å². The van der Waals surface area contributed by atoms with Crippen molar-refractivity contribution >= 4 is 53.1 Å². The van der Waals surface area contributed by atoms with Crippen LogP contribution in [0.2, 0.25) is 0 Å². The van der Waals surface area contributed by atoms with E-state index in [1.165, 1.54) is 69.7 Å². The first kappa shape index (κ1) is 31.1. The second-order valence-corrected chi connectivity index (χ2v) is 16.0. The number of hydrogen-bond donors (Lipinski definition) is 0. The van der Waals surface area contributed by atoms with Gasteiger partial charge in [-0.15, -0.1) is 11.3 Å². The van der Waals surface area contributed by atoms with Crippen LogP contribution in [0.1, 0.15) is 25.0 Å². The molecule has 0 N–H and O–H groups in total. The van der Waals surface area contributed by atoms with E-state index in [4.69, 9.17) is 9.97 Å². The van der Waals surface area contributed by atoms with Crippen molar-refractivity contribution in [1.29, 1.82) is 0 Å². The molecule has 0 saturated carbocycles. The Morgan fingerprint density at radius 3 is 1.94 bits per heavy atom. The lowest BCUT2D eigenvalue weighted by Gasteiger charge is -2.23. The van der Waals surface area contributed by atoms with E-state index in [-0.39, 0.29) is 5.41 Å². The Labute approximate surface area is 318 Å². The van der Waals surface area contributed by atoms with Crippen molar-refractivity contribution in [2.45, 2.75) is 19.3 Å². The zero-order valence-electron chi connectivity index (χ0n) is 30.0. The largest absolute Gasteiger partial charge is 0.228 e.